The molecule has 1 aromatic carbocycles. The van der Waals surface area contributed by atoms with Crippen molar-refractivity contribution in [2.75, 3.05) is 33.0 Å². The molecular formula is C15H20ClN5O4S2. The average Bonchev–Trinajstić information content (AvgIpc) is 3.03. The maximum absolute atomic E-state index is 12.7. The van der Waals surface area contributed by atoms with Gasteiger partial charge in [-0.05, 0) is 25.1 Å². The van der Waals surface area contributed by atoms with Crippen molar-refractivity contribution >= 4 is 39.3 Å². The Kier molecular flexibility index (Phi) is 7.48. The standard InChI is InChI=1S/C15H20ClN5O4S2/c1-10-18-15(20-19-10)26-7-6-17-14(22)9-21(2)27(23,24)13-8-11(16)4-5-12(13)25-3/h4-5,8H,6-7,9H2,1-3H3,(H,17,22)(H,18,19,20). The molecule has 0 fully saturated rings. The molecule has 0 aliphatic rings. The van der Waals surface area contributed by atoms with Gasteiger partial charge in [0.1, 0.15) is 16.5 Å². The van der Waals surface area contributed by atoms with Crippen LogP contribution in [0.25, 0.3) is 0 Å². The number of thioether (sulfide) groups is 1. The molecule has 0 saturated carbocycles. The molecule has 0 saturated heterocycles. The van der Waals surface area contributed by atoms with Gasteiger partial charge in [0.25, 0.3) is 0 Å². The molecule has 27 heavy (non-hydrogen) atoms. The zero-order valence-electron chi connectivity index (χ0n) is 15.0. The predicted molar refractivity (Wildman–Crippen MR) is 103 cm³/mol. The number of likely N-dealkylation sites (N-methyl/N-ethyl adjacent to an activating group) is 1. The monoisotopic (exact) mass is 433 g/mol. The summed E-state index contributed by atoms with van der Waals surface area (Å²) in [5.74, 6) is 1.00. The number of aromatic amines is 1. The van der Waals surface area contributed by atoms with Crippen LogP contribution in [0.3, 0.4) is 0 Å². The number of hydrogen-bond acceptors (Lipinski definition) is 7. The number of ether oxygens (including phenoxy) is 1. The van der Waals surface area contributed by atoms with E-state index in [2.05, 4.69) is 20.5 Å². The minimum Gasteiger partial charge on any atom is -0.495 e. The number of methoxy groups -OCH3 is 1. The normalized spacial score (nSPS) is 11.6. The van der Waals surface area contributed by atoms with Gasteiger partial charge >= 0.3 is 0 Å². The Balaban J connectivity index is 1.90. The number of carbonyl (C=O) groups excluding carboxylic acids is 1. The van der Waals surface area contributed by atoms with Crippen LogP contribution in [-0.2, 0) is 14.8 Å². The molecule has 0 aliphatic heterocycles. The highest BCUT2D eigenvalue weighted by atomic mass is 35.5. The van der Waals surface area contributed by atoms with E-state index in [1.165, 1.54) is 44.1 Å². The molecule has 1 amide bonds. The number of sulfonamides is 1. The molecule has 0 spiro atoms. The van der Waals surface area contributed by atoms with Gasteiger partial charge in [0.15, 0.2) is 0 Å². The number of amides is 1. The first-order valence-corrected chi connectivity index (χ1v) is 10.6. The lowest BCUT2D eigenvalue weighted by atomic mass is 10.3. The molecule has 2 N–H and O–H groups in total. The number of rotatable bonds is 9. The van der Waals surface area contributed by atoms with Gasteiger partial charge in [0.05, 0.1) is 13.7 Å². The highest BCUT2D eigenvalue weighted by Crippen LogP contribution is 2.28. The lowest BCUT2D eigenvalue weighted by Crippen LogP contribution is -2.39. The Bertz CT molecular complexity index is 903. The Hall–Kier alpha value is -1.82. The zero-order valence-corrected chi connectivity index (χ0v) is 17.4. The third-order valence-corrected chi connectivity index (χ3v) is 6.32. The van der Waals surface area contributed by atoms with Gasteiger partial charge in [-0.3, -0.25) is 9.89 Å². The van der Waals surface area contributed by atoms with Gasteiger partial charge in [-0.25, -0.2) is 13.4 Å². The van der Waals surface area contributed by atoms with Crippen molar-refractivity contribution in [1.29, 1.82) is 0 Å². The number of H-pyrrole nitrogens is 1. The molecule has 148 valence electrons. The van der Waals surface area contributed by atoms with Gasteiger partial charge in [0, 0.05) is 24.4 Å². The van der Waals surface area contributed by atoms with Crippen LogP contribution in [-0.4, -0.2) is 66.8 Å². The first-order valence-electron chi connectivity index (χ1n) is 7.82. The van der Waals surface area contributed by atoms with Crippen molar-refractivity contribution in [3.05, 3.63) is 29.0 Å². The molecule has 0 aliphatic carbocycles. The van der Waals surface area contributed by atoms with E-state index < -0.39 is 15.9 Å². The number of nitrogens with one attached hydrogen (secondary N) is 2. The molecule has 9 nitrogen and oxygen atoms in total. The van der Waals surface area contributed by atoms with E-state index in [9.17, 15) is 13.2 Å². The summed E-state index contributed by atoms with van der Waals surface area (Å²) in [5, 5.41) is 10.2. The molecule has 1 aromatic heterocycles. The van der Waals surface area contributed by atoms with Gasteiger partial charge in [0.2, 0.25) is 21.1 Å². The second-order valence-corrected chi connectivity index (χ2v) is 8.97. The molecule has 2 rings (SSSR count). The van der Waals surface area contributed by atoms with Crippen molar-refractivity contribution in [3.8, 4) is 5.75 Å². The Morgan fingerprint density at radius 2 is 2.19 bits per heavy atom. The highest BCUT2D eigenvalue weighted by molar-refractivity contribution is 7.99. The van der Waals surface area contributed by atoms with E-state index in [0.29, 0.717) is 23.3 Å². The van der Waals surface area contributed by atoms with Crippen LogP contribution in [0.1, 0.15) is 5.82 Å². The van der Waals surface area contributed by atoms with Crippen molar-refractivity contribution in [2.45, 2.75) is 17.0 Å². The fourth-order valence-corrected chi connectivity index (χ4v) is 4.32. The number of nitrogens with zero attached hydrogens (tertiary/aromatic N) is 3. The maximum Gasteiger partial charge on any atom is 0.247 e. The summed E-state index contributed by atoms with van der Waals surface area (Å²) in [6, 6.07) is 4.28. The van der Waals surface area contributed by atoms with E-state index >= 15 is 0 Å². The summed E-state index contributed by atoms with van der Waals surface area (Å²) < 4.78 is 31.4. The van der Waals surface area contributed by atoms with Gasteiger partial charge in [-0.15, -0.1) is 5.10 Å². The lowest BCUT2D eigenvalue weighted by molar-refractivity contribution is -0.121. The third-order valence-electron chi connectivity index (χ3n) is 3.41. The summed E-state index contributed by atoms with van der Waals surface area (Å²) >= 11 is 7.27. The Labute approximate surface area is 166 Å². The molecule has 0 radical (unpaired) electrons. The SMILES string of the molecule is COc1ccc(Cl)cc1S(=O)(=O)N(C)CC(=O)NCCSc1n[nH]c(C)n1. The first-order chi connectivity index (χ1) is 12.7. The van der Waals surface area contributed by atoms with E-state index in [-0.39, 0.29) is 22.2 Å². The first kappa shape index (κ1) is 21.5. The Morgan fingerprint density at radius 1 is 1.44 bits per heavy atom. The number of aryl methyl sites for hydroxylation is 1. The highest BCUT2D eigenvalue weighted by Gasteiger charge is 2.26. The zero-order chi connectivity index (χ0) is 20.0. The third kappa shape index (κ3) is 5.83. The summed E-state index contributed by atoms with van der Waals surface area (Å²) in [6.07, 6.45) is 0. The lowest BCUT2D eigenvalue weighted by Gasteiger charge is -2.18. The van der Waals surface area contributed by atoms with Crippen LogP contribution in [0.15, 0.2) is 28.3 Å². The topological polar surface area (TPSA) is 117 Å². The number of aromatic nitrogens is 3. The smallest absolute Gasteiger partial charge is 0.247 e. The fourth-order valence-electron chi connectivity index (χ4n) is 2.08. The quantitative estimate of drug-likeness (QED) is 0.452. The van der Waals surface area contributed by atoms with Crippen LogP contribution in [0.4, 0.5) is 0 Å². The summed E-state index contributed by atoms with van der Waals surface area (Å²) in [5.41, 5.74) is 0. The van der Waals surface area contributed by atoms with Crippen LogP contribution in [0.2, 0.25) is 5.02 Å². The Morgan fingerprint density at radius 3 is 2.81 bits per heavy atom. The number of benzene rings is 1. The van der Waals surface area contributed by atoms with Crippen LogP contribution in [0.5, 0.6) is 5.75 Å². The second-order valence-electron chi connectivity index (χ2n) is 5.46. The average molecular weight is 434 g/mol. The van der Waals surface area contributed by atoms with Crippen molar-refractivity contribution in [1.82, 2.24) is 24.8 Å². The van der Waals surface area contributed by atoms with Crippen molar-refractivity contribution in [3.63, 3.8) is 0 Å². The van der Waals surface area contributed by atoms with E-state index in [1.807, 2.05) is 0 Å². The molecular weight excluding hydrogens is 414 g/mol. The number of hydrogen-bond donors (Lipinski definition) is 2. The van der Waals surface area contributed by atoms with Crippen molar-refractivity contribution < 1.29 is 17.9 Å². The predicted octanol–water partition coefficient (Wildman–Crippen LogP) is 1.30. The van der Waals surface area contributed by atoms with Crippen LogP contribution >= 0.6 is 23.4 Å². The maximum atomic E-state index is 12.7. The summed E-state index contributed by atoms with van der Waals surface area (Å²) in [7, 11) is -1.25. The van der Waals surface area contributed by atoms with Gasteiger partial charge < -0.3 is 10.1 Å². The molecule has 2 aromatic rings. The minimum absolute atomic E-state index is 0.0941. The van der Waals surface area contributed by atoms with E-state index in [4.69, 9.17) is 16.3 Å². The molecule has 12 heteroatoms. The van der Waals surface area contributed by atoms with Crippen LogP contribution in [0, 0.1) is 6.92 Å². The van der Waals surface area contributed by atoms with Gasteiger partial charge in [-0.1, -0.05) is 23.4 Å². The minimum atomic E-state index is -3.94. The van der Waals surface area contributed by atoms with Crippen molar-refractivity contribution in [2.24, 2.45) is 0 Å². The summed E-state index contributed by atoms with van der Waals surface area (Å²) in [6.45, 7) is 1.82. The van der Waals surface area contributed by atoms with E-state index in [1.54, 1.807) is 6.92 Å². The number of carbonyl (C=O) groups is 1. The molecule has 0 unspecified atom stereocenters. The molecule has 0 bridgehead atoms. The fraction of sp³-hybridized carbons (Fsp3) is 0.400. The second kappa shape index (κ2) is 9.40. The number of halogens is 1. The van der Waals surface area contributed by atoms with Gasteiger partial charge in [-0.2, -0.15) is 4.31 Å². The molecule has 0 atom stereocenters. The van der Waals surface area contributed by atoms with Crippen LogP contribution < -0.4 is 10.1 Å². The largest absolute Gasteiger partial charge is 0.495 e. The molecule has 1 heterocycles. The summed E-state index contributed by atoms with van der Waals surface area (Å²) in [4.78, 5) is 16.1. The van der Waals surface area contributed by atoms with E-state index in [0.717, 1.165) is 4.31 Å².